The van der Waals surface area contributed by atoms with Crippen molar-refractivity contribution >= 4 is 49.9 Å². The second-order valence-electron chi connectivity index (χ2n) is 8.06. The van der Waals surface area contributed by atoms with Crippen molar-refractivity contribution in [2.24, 2.45) is 5.73 Å². The lowest BCUT2D eigenvalue weighted by atomic mass is 10.0. The maximum absolute atomic E-state index is 12.0. The number of nitrogens with zero attached hydrogens (tertiary/aromatic N) is 3. The van der Waals surface area contributed by atoms with Gasteiger partial charge in [0.2, 0.25) is 0 Å². The number of amides is 1. The molecule has 176 valence electrons. The summed E-state index contributed by atoms with van der Waals surface area (Å²) in [6.07, 6.45) is 0.733. The fourth-order valence-corrected chi connectivity index (χ4v) is 4.61. The standard InChI is InChI=1S/C24H26N6O3S/c1-30(2)9-11-32-10-5-8-28-23-15(13-25)18(17-12-14-6-3-4-7-16(14)33-17)19-20(26)21(22(27)31)34-24(19)29-23/h3-4,6-7,12H,5,8-11,26H2,1-2H3,(H2,27,31)(H,28,29). The number of carbonyl (C=O) groups excluding carboxylic acids is 1. The van der Waals surface area contributed by atoms with Crippen LogP contribution in [0, 0.1) is 11.3 Å². The predicted octanol–water partition coefficient (Wildman–Crippen LogP) is 3.64. The molecule has 0 atom stereocenters. The van der Waals surface area contributed by atoms with E-state index in [1.54, 1.807) is 0 Å². The van der Waals surface area contributed by atoms with Crippen molar-refractivity contribution in [1.29, 1.82) is 5.26 Å². The van der Waals surface area contributed by atoms with Gasteiger partial charge in [-0.15, -0.1) is 11.3 Å². The molecule has 0 aliphatic carbocycles. The summed E-state index contributed by atoms with van der Waals surface area (Å²) in [6.45, 7) is 2.64. The van der Waals surface area contributed by atoms with E-state index in [0.29, 0.717) is 58.3 Å². The summed E-state index contributed by atoms with van der Waals surface area (Å²) in [4.78, 5) is 19.3. The average molecular weight is 479 g/mol. The van der Waals surface area contributed by atoms with Crippen molar-refractivity contribution in [2.75, 3.05) is 51.4 Å². The third-order valence-electron chi connectivity index (χ3n) is 5.32. The minimum Gasteiger partial charge on any atom is -0.456 e. The van der Waals surface area contributed by atoms with E-state index in [0.717, 1.165) is 29.7 Å². The van der Waals surface area contributed by atoms with E-state index in [4.69, 9.17) is 20.6 Å². The highest BCUT2D eigenvalue weighted by molar-refractivity contribution is 7.21. The number of furan rings is 1. The summed E-state index contributed by atoms with van der Waals surface area (Å²) in [5.74, 6) is 0.232. The number of ether oxygens (including phenoxy) is 1. The Morgan fingerprint density at radius 2 is 2.12 bits per heavy atom. The number of nitriles is 1. The molecular formula is C24H26N6O3S. The van der Waals surface area contributed by atoms with Gasteiger partial charge in [0, 0.05) is 30.5 Å². The van der Waals surface area contributed by atoms with E-state index in [2.05, 4.69) is 21.3 Å². The fraction of sp³-hybridized carbons (Fsp3) is 0.292. The highest BCUT2D eigenvalue weighted by Crippen LogP contribution is 2.44. The summed E-state index contributed by atoms with van der Waals surface area (Å²) in [5, 5.41) is 14.7. The monoisotopic (exact) mass is 478 g/mol. The quantitative estimate of drug-likeness (QED) is 0.293. The smallest absolute Gasteiger partial charge is 0.260 e. The second kappa shape index (κ2) is 10.1. The number of benzene rings is 1. The lowest BCUT2D eigenvalue weighted by Crippen LogP contribution is -2.18. The number of anilines is 2. The van der Waals surface area contributed by atoms with E-state index in [1.807, 2.05) is 44.4 Å². The highest BCUT2D eigenvalue weighted by atomic mass is 32.1. The molecule has 3 aromatic heterocycles. The van der Waals surface area contributed by atoms with Crippen LogP contribution in [-0.4, -0.2) is 56.2 Å². The van der Waals surface area contributed by atoms with Gasteiger partial charge in [0.15, 0.2) is 0 Å². The predicted molar refractivity (Wildman–Crippen MR) is 135 cm³/mol. The lowest BCUT2D eigenvalue weighted by Gasteiger charge is -2.12. The van der Waals surface area contributed by atoms with Crippen LogP contribution in [-0.2, 0) is 4.74 Å². The van der Waals surface area contributed by atoms with E-state index >= 15 is 0 Å². The minimum atomic E-state index is -0.640. The van der Waals surface area contributed by atoms with Crippen molar-refractivity contribution in [3.63, 3.8) is 0 Å². The largest absolute Gasteiger partial charge is 0.456 e. The summed E-state index contributed by atoms with van der Waals surface area (Å²) in [5.41, 5.74) is 13.5. The number of pyridine rings is 1. The van der Waals surface area contributed by atoms with Gasteiger partial charge in [-0.2, -0.15) is 5.26 Å². The third-order valence-corrected chi connectivity index (χ3v) is 6.44. The van der Waals surface area contributed by atoms with Gasteiger partial charge < -0.3 is 30.8 Å². The van der Waals surface area contributed by atoms with Crippen LogP contribution in [0.2, 0.25) is 0 Å². The van der Waals surface area contributed by atoms with Crippen molar-refractivity contribution in [2.45, 2.75) is 6.42 Å². The first-order valence-corrected chi connectivity index (χ1v) is 11.6. The number of hydrogen-bond acceptors (Lipinski definition) is 9. The van der Waals surface area contributed by atoms with Crippen LogP contribution in [0.3, 0.4) is 0 Å². The zero-order chi connectivity index (χ0) is 24.2. The van der Waals surface area contributed by atoms with Crippen molar-refractivity contribution in [1.82, 2.24) is 9.88 Å². The van der Waals surface area contributed by atoms with Gasteiger partial charge in [-0.05, 0) is 32.6 Å². The van der Waals surface area contributed by atoms with Crippen molar-refractivity contribution in [3.05, 3.63) is 40.8 Å². The molecule has 34 heavy (non-hydrogen) atoms. The second-order valence-corrected chi connectivity index (χ2v) is 9.06. The summed E-state index contributed by atoms with van der Waals surface area (Å²) in [7, 11) is 3.99. The molecule has 0 aliphatic rings. The molecule has 0 saturated carbocycles. The molecule has 0 radical (unpaired) electrons. The first-order valence-electron chi connectivity index (χ1n) is 10.8. The normalized spacial score (nSPS) is 11.4. The minimum absolute atomic E-state index is 0.202. The Morgan fingerprint density at radius 1 is 1.32 bits per heavy atom. The van der Waals surface area contributed by atoms with E-state index in [1.165, 1.54) is 0 Å². The molecule has 0 bridgehead atoms. The van der Waals surface area contributed by atoms with Crippen LogP contribution in [0.15, 0.2) is 34.7 Å². The number of nitrogen functional groups attached to an aromatic ring is 1. The SMILES string of the molecule is CN(C)CCOCCCNc1nc2sc(C(N)=O)c(N)c2c(-c2cc3ccccc3o2)c1C#N. The number of nitrogens with two attached hydrogens (primary N) is 2. The number of carbonyl (C=O) groups is 1. The number of primary amides is 1. The fourth-order valence-electron chi connectivity index (χ4n) is 3.65. The Balaban J connectivity index is 1.72. The van der Waals surface area contributed by atoms with Gasteiger partial charge in [0.1, 0.15) is 38.5 Å². The van der Waals surface area contributed by atoms with Crippen molar-refractivity contribution in [3.8, 4) is 17.4 Å². The molecule has 0 unspecified atom stereocenters. The Labute approximate surface area is 200 Å². The third kappa shape index (κ3) is 4.68. The van der Waals surface area contributed by atoms with Crippen LogP contribution >= 0.6 is 11.3 Å². The molecule has 0 spiro atoms. The molecular weight excluding hydrogens is 452 g/mol. The van der Waals surface area contributed by atoms with Gasteiger partial charge in [-0.25, -0.2) is 4.98 Å². The molecule has 3 heterocycles. The van der Waals surface area contributed by atoms with Gasteiger partial charge in [-0.3, -0.25) is 4.79 Å². The molecule has 10 heteroatoms. The van der Waals surface area contributed by atoms with Crippen molar-refractivity contribution < 1.29 is 13.9 Å². The number of nitrogens with one attached hydrogen (secondary N) is 1. The molecule has 9 nitrogen and oxygen atoms in total. The van der Waals surface area contributed by atoms with Gasteiger partial charge in [0.05, 0.1) is 17.9 Å². The Bertz CT molecular complexity index is 1350. The number of rotatable bonds is 10. The molecule has 4 rings (SSSR count). The van der Waals surface area contributed by atoms with E-state index in [9.17, 15) is 10.1 Å². The van der Waals surface area contributed by atoms with Gasteiger partial charge >= 0.3 is 0 Å². The summed E-state index contributed by atoms with van der Waals surface area (Å²) < 4.78 is 11.7. The number of thiophene rings is 1. The number of para-hydroxylation sites is 1. The molecule has 1 aromatic carbocycles. The van der Waals surface area contributed by atoms with Gasteiger partial charge in [0.25, 0.3) is 5.91 Å². The Morgan fingerprint density at radius 3 is 2.82 bits per heavy atom. The van der Waals surface area contributed by atoms with Crippen LogP contribution < -0.4 is 16.8 Å². The van der Waals surface area contributed by atoms with E-state index < -0.39 is 5.91 Å². The summed E-state index contributed by atoms with van der Waals surface area (Å²) in [6, 6.07) is 11.7. The van der Waals surface area contributed by atoms with E-state index in [-0.39, 0.29) is 10.6 Å². The topological polar surface area (TPSA) is 143 Å². The number of hydrogen-bond donors (Lipinski definition) is 3. The van der Waals surface area contributed by atoms with Gasteiger partial charge in [-0.1, -0.05) is 18.2 Å². The molecule has 0 aliphatic heterocycles. The first kappa shape index (κ1) is 23.5. The zero-order valence-electron chi connectivity index (χ0n) is 19.1. The Hall–Kier alpha value is -3.65. The first-order chi connectivity index (χ1) is 16.4. The average Bonchev–Trinajstić information content (AvgIpc) is 3.38. The van der Waals surface area contributed by atoms with Crippen LogP contribution in [0.4, 0.5) is 11.5 Å². The molecule has 5 N–H and O–H groups in total. The maximum atomic E-state index is 12.0. The number of likely N-dealkylation sites (N-methyl/N-ethyl adjacent to an activating group) is 1. The Kier molecular flexibility index (Phi) is 6.98. The molecule has 4 aromatic rings. The number of fused-ring (bicyclic) bond motifs is 2. The van der Waals surface area contributed by atoms with Crippen LogP contribution in [0.5, 0.6) is 0 Å². The molecule has 0 saturated heterocycles. The maximum Gasteiger partial charge on any atom is 0.260 e. The molecule has 1 amide bonds. The zero-order valence-corrected chi connectivity index (χ0v) is 19.9. The molecule has 0 fully saturated rings. The van der Waals surface area contributed by atoms with Crippen LogP contribution in [0.1, 0.15) is 21.7 Å². The lowest BCUT2D eigenvalue weighted by molar-refractivity contribution is 0.100. The number of aromatic nitrogens is 1. The van der Waals surface area contributed by atoms with Crippen LogP contribution in [0.25, 0.3) is 32.5 Å². The summed E-state index contributed by atoms with van der Waals surface area (Å²) >= 11 is 1.10. The highest BCUT2D eigenvalue weighted by Gasteiger charge is 2.26.